The third-order valence-corrected chi connectivity index (χ3v) is 4.60. The van der Waals surface area contributed by atoms with Gasteiger partial charge >= 0.3 is 0 Å². The lowest BCUT2D eigenvalue weighted by molar-refractivity contribution is 0.0570. The van der Waals surface area contributed by atoms with Crippen LogP contribution in [0, 0.1) is 13.8 Å². The van der Waals surface area contributed by atoms with E-state index in [1.807, 2.05) is 13.8 Å². The minimum atomic E-state index is 0.367. The molecule has 1 aliphatic rings. The van der Waals surface area contributed by atoms with Crippen LogP contribution in [-0.2, 0) is 17.7 Å². The highest BCUT2D eigenvalue weighted by Gasteiger charge is 2.24. The van der Waals surface area contributed by atoms with Crippen LogP contribution in [0.25, 0.3) is 0 Å². The van der Waals surface area contributed by atoms with Crippen LogP contribution < -0.4 is 0 Å². The highest BCUT2D eigenvalue weighted by molar-refractivity contribution is 5.20. The fourth-order valence-electron chi connectivity index (χ4n) is 3.20. The molecule has 0 bridgehead atoms. The number of aryl methyl sites for hydroxylation is 3. The number of benzene rings is 1. The number of likely N-dealkylation sites (tertiary alicyclic amines) is 1. The first-order valence-electron chi connectivity index (χ1n) is 8.52. The van der Waals surface area contributed by atoms with Gasteiger partial charge in [-0.1, -0.05) is 35.5 Å². The standard InChI is InChI=1S/C19H26N2O2/c1-15-19(16(2)23-20-15)14-21-11-10-18(13-21)22-12-6-9-17-7-4-3-5-8-17/h3-5,7-8,18H,6,9-14H2,1-2H3/t18-/m0/s1. The zero-order valence-electron chi connectivity index (χ0n) is 14.1. The summed E-state index contributed by atoms with van der Waals surface area (Å²) in [6, 6.07) is 10.6. The zero-order chi connectivity index (χ0) is 16.1. The second-order valence-corrected chi connectivity index (χ2v) is 6.41. The number of aromatic nitrogens is 1. The molecule has 4 heteroatoms. The van der Waals surface area contributed by atoms with Crippen LogP contribution in [0.5, 0.6) is 0 Å². The lowest BCUT2D eigenvalue weighted by atomic mass is 10.1. The SMILES string of the molecule is Cc1noc(C)c1CN1CC[C@H](OCCCc2ccccc2)C1. The van der Waals surface area contributed by atoms with Crippen molar-refractivity contribution in [2.45, 2.75) is 45.8 Å². The summed E-state index contributed by atoms with van der Waals surface area (Å²) < 4.78 is 11.3. The zero-order valence-corrected chi connectivity index (χ0v) is 14.1. The fraction of sp³-hybridized carbons (Fsp3) is 0.526. The average Bonchev–Trinajstić information content (AvgIpc) is 3.14. The minimum absolute atomic E-state index is 0.367. The molecule has 0 radical (unpaired) electrons. The number of nitrogens with zero attached hydrogens (tertiary/aromatic N) is 2. The molecule has 0 unspecified atom stereocenters. The Labute approximate surface area is 138 Å². The van der Waals surface area contributed by atoms with Gasteiger partial charge in [-0.2, -0.15) is 0 Å². The van der Waals surface area contributed by atoms with Gasteiger partial charge in [-0.15, -0.1) is 0 Å². The van der Waals surface area contributed by atoms with Gasteiger partial charge in [-0.3, -0.25) is 4.90 Å². The van der Waals surface area contributed by atoms with Crippen molar-refractivity contribution in [1.82, 2.24) is 10.1 Å². The lowest BCUT2D eigenvalue weighted by Gasteiger charge is -2.16. The van der Waals surface area contributed by atoms with E-state index in [1.54, 1.807) is 0 Å². The Kier molecular flexibility index (Phi) is 5.47. The fourth-order valence-corrected chi connectivity index (χ4v) is 3.20. The quantitative estimate of drug-likeness (QED) is 0.733. The Morgan fingerprint density at radius 1 is 1.26 bits per heavy atom. The van der Waals surface area contributed by atoms with Gasteiger partial charge in [0, 0.05) is 31.8 Å². The highest BCUT2D eigenvalue weighted by atomic mass is 16.5. The van der Waals surface area contributed by atoms with Gasteiger partial charge in [-0.25, -0.2) is 0 Å². The summed E-state index contributed by atoms with van der Waals surface area (Å²) >= 11 is 0. The summed E-state index contributed by atoms with van der Waals surface area (Å²) in [5.74, 6) is 0.940. The molecule has 1 fully saturated rings. The maximum absolute atomic E-state index is 6.05. The number of hydrogen-bond donors (Lipinski definition) is 0. The van der Waals surface area contributed by atoms with Crippen molar-refractivity contribution in [2.75, 3.05) is 19.7 Å². The van der Waals surface area contributed by atoms with Crippen LogP contribution in [0.1, 0.15) is 35.4 Å². The molecular weight excluding hydrogens is 288 g/mol. The Morgan fingerprint density at radius 3 is 2.83 bits per heavy atom. The normalized spacial score (nSPS) is 18.6. The molecule has 0 amide bonds. The first kappa shape index (κ1) is 16.2. The molecule has 124 valence electrons. The number of hydrogen-bond acceptors (Lipinski definition) is 4. The van der Waals surface area contributed by atoms with Gasteiger partial charge in [-0.05, 0) is 38.7 Å². The molecule has 0 aliphatic carbocycles. The summed E-state index contributed by atoms with van der Waals surface area (Å²) in [6.07, 6.45) is 3.67. The van der Waals surface area contributed by atoms with Crippen LogP contribution in [0.15, 0.2) is 34.9 Å². The second kappa shape index (κ2) is 7.75. The van der Waals surface area contributed by atoms with Crippen molar-refractivity contribution in [3.63, 3.8) is 0 Å². The maximum Gasteiger partial charge on any atom is 0.138 e. The molecule has 0 N–H and O–H groups in total. The molecule has 23 heavy (non-hydrogen) atoms. The van der Waals surface area contributed by atoms with E-state index in [1.165, 1.54) is 11.1 Å². The lowest BCUT2D eigenvalue weighted by Crippen LogP contribution is -2.23. The van der Waals surface area contributed by atoms with Gasteiger partial charge in [0.15, 0.2) is 0 Å². The van der Waals surface area contributed by atoms with Crippen molar-refractivity contribution < 1.29 is 9.26 Å². The molecule has 1 aromatic carbocycles. The average molecular weight is 314 g/mol. The van der Waals surface area contributed by atoms with Crippen molar-refractivity contribution in [1.29, 1.82) is 0 Å². The molecule has 1 atom stereocenters. The van der Waals surface area contributed by atoms with E-state index in [0.717, 1.165) is 57.0 Å². The third kappa shape index (κ3) is 4.43. The molecule has 1 aromatic heterocycles. The van der Waals surface area contributed by atoms with E-state index in [2.05, 4.69) is 40.4 Å². The van der Waals surface area contributed by atoms with Gasteiger partial charge in [0.05, 0.1) is 11.8 Å². The van der Waals surface area contributed by atoms with Gasteiger partial charge in [0.25, 0.3) is 0 Å². The maximum atomic E-state index is 6.05. The van der Waals surface area contributed by atoms with Crippen molar-refractivity contribution in [2.24, 2.45) is 0 Å². The van der Waals surface area contributed by atoms with E-state index in [9.17, 15) is 0 Å². The Morgan fingerprint density at radius 2 is 2.09 bits per heavy atom. The molecule has 1 aliphatic heterocycles. The summed E-state index contributed by atoms with van der Waals surface area (Å²) in [7, 11) is 0. The van der Waals surface area contributed by atoms with E-state index in [4.69, 9.17) is 9.26 Å². The van der Waals surface area contributed by atoms with E-state index < -0.39 is 0 Å². The minimum Gasteiger partial charge on any atom is -0.377 e. The number of rotatable bonds is 7. The van der Waals surface area contributed by atoms with Crippen LogP contribution in [0.4, 0.5) is 0 Å². The van der Waals surface area contributed by atoms with Crippen LogP contribution in [0.3, 0.4) is 0 Å². The van der Waals surface area contributed by atoms with Crippen LogP contribution in [-0.4, -0.2) is 35.9 Å². The third-order valence-electron chi connectivity index (χ3n) is 4.60. The number of ether oxygens (including phenoxy) is 1. The topological polar surface area (TPSA) is 38.5 Å². The first-order valence-corrected chi connectivity index (χ1v) is 8.52. The molecule has 2 aromatic rings. The highest BCUT2D eigenvalue weighted by Crippen LogP contribution is 2.20. The largest absolute Gasteiger partial charge is 0.377 e. The summed E-state index contributed by atoms with van der Waals surface area (Å²) in [5.41, 5.74) is 3.63. The predicted octanol–water partition coefficient (Wildman–Crippen LogP) is 3.52. The van der Waals surface area contributed by atoms with Crippen molar-refractivity contribution >= 4 is 0 Å². The van der Waals surface area contributed by atoms with Gasteiger partial charge in [0.2, 0.25) is 0 Å². The summed E-state index contributed by atoms with van der Waals surface area (Å²) in [6.45, 7) is 7.87. The Balaban J connectivity index is 1.37. The van der Waals surface area contributed by atoms with Crippen molar-refractivity contribution in [3.8, 4) is 0 Å². The molecule has 3 rings (SSSR count). The monoisotopic (exact) mass is 314 g/mol. The van der Waals surface area contributed by atoms with E-state index in [-0.39, 0.29) is 0 Å². The van der Waals surface area contributed by atoms with Crippen LogP contribution >= 0.6 is 0 Å². The Bertz CT molecular complexity index is 590. The van der Waals surface area contributed by atoms with E-state index >= 15 is 0 Å². The Hall–Kier alpha value is -1.65. The van der Waals surface area contributed by atoms with Gasteiger partial charge in [0.1, 0.15) is 5.76 Å². The first-order chi connectivity index (χ1) is 11.2. The van der Waals surface area contributed by atoms with Crippen molar-refractivity contribution in [3.05, 3.63) is 52.9 Å². The summed E-state index contributed by atoms with van der Waals surface area (Å²) in [5, 5.41) is 4.03. The van der Waals surface area contributed by atoms with Gasteiger partial charge < -0.3 is 9.26 Å². The molecule has 0 spiro atoms. The molecule has 0 saturated carbocycles. The summed E-state index contributed by atoms with van der Waals surface area (Å²) in [4.78, 5) is 2.44. The smallest absolute Gasteiger partial charge is 0.138 e. The molecular formula is C19H26N2O2. The predicted molar refractivity (Wildman–Crippen MR) is 90.4 cm³/mol. The second-order valence-electron chi connectivity index (χ2n) is 6.41. The molecule has 2 heterocycles. The van der Waals surface area contributed by atoms with E-state index in [0.29, 0.717) is 6.10 Å². The molecule has 4 nitrogen and oxygen atoms in total. The molecule has 1 saturated heterocycles. The van der Waals surface area contributed by atoms with Crippen LogP contribution in [0.2, 0.25) is 0 Å².